The number of aromatic nitrogens is 2. The molecule has 48 heavy (non-hydrogen) atoms. The molecule has 5 rings (SSSR count). The molecule has 2 aromatic carbocycles. The van der Waals surface area contributed by atoms with Gasteiger partial charge in [0.05, 0.1) is 0 Å². The molecule has 9 nitrogen and oxygen atoms in total. The summed E-state index contributed by atoms with van der Waals surface area (Å²) in [7, 11) is 0.688. The van der Waals surface area contributed by atoms with E-state index in [-0.39, 0.29) is 38.8 Å². The molecular weight excluding hydrogens is 689 g/mol. The summed E-state index contributed by atoms with van der Waals surface area (Å²) in [5.74, 6) is 1.38. The number of nitrogens with two attached hydrogens (primary N) is 1. The van der Waals surface area contributed by atoms with E-state index < -0.39 is 42.7 Å². The van der Waals surface area contributed by atoms with Crippen LogP contribution in [0.25, 0.3) is 0 Å². The van der Waals surface area contributed by atoms with E-state index in [0.29, 0.717) is 6.42 Å². The number of ether oxygens (including phenoxy) is 4. The summed E-state index contributed by atoms with van der Waals surface area (Å²) in [6, 6.07) is 20.2. The minimum absolute atomic E-state index is 0.0127. The number of rotatable bonds is 11. The van der Waals surface area contributed by atoms with E-state index in [1.165, 1.54) is 4.57 Å². The number of aliphatic hydroxyl groups is 1. The van der Waals surface area contributed by atoms with Crippen LogP contribution in [-0.4, -0.2) is 75.6 Å². The van der Waals surface area contributed by atoms with E-state index in [9.17, 15) is 9.90 Å². The Bertz CT molecular complexity index is 1660. The predicted molar refractivity (Wildman–Crippen MR) is 193 cm³/mol. The van der Waals surface area contributed by atoms with Crippen molar-refractivity contribution in [3.63, 3.8) is 0 Å². The van der Waals surface area contributed by atoms with Crippen LogP contribution in [0.2, 0.25) is 24.0 Å². The number of hydrogen-bond donors (Lipinski definition) is 2. The zero-order chi connectivity index (χ0) is 35.0. The van der Waals surface area contributed by atoms with E-state index in [2.05, 4.69) is 69.2 Å². The molecule has 0 saturated carbocycles. The van der Waals surface area contributed by atoms with E-state index in [4.69, 9.17) is 24.7 Å². The number of benzene rings is 2. The molecule has 0 amide bonds. The zero-order valence-corrected chi connectivity index (χ0v) is 31.9. The van der Waals surface area contributed by atoms with Crippen LogP contribution in [0, 0.1) is 0 Å². The molecule has 3 N–H and O–H groups in total. The average molecular weight is 739 g/mol. The molecule has 11 heteroatoms. The maximum absolute atomic E-state index is 13.2. The van der Waals surface area contributed by atoms with Crippen LogP contribution in [0.15, 0.2) is 95.5 Å². The first-order valence-corrected chi connectivity index (χ1v) is 21.8. The molecule has 0 radical (unpaired) electrons. The number of methoxy groups -OCH3 is 2. The fraction of sp³-hybridized carbons (Fsp3) is 0.459. The molecule has 2 heterocycles. The van der Waals surface area contributed by atoms with Crippen LogP contribution >= 0.6 is 0 Å². The molecule has 0 bridgehead atoms. The van der Waals surface area contributed by atoms with Gasteiger partial charge in [-0.25, -0.2) is 0 Å². The topological polar surface area (TPSA) is 118 Å². The van der Waals surface area contributed by atoms with Crippen molar-refractivity contribution in [2.75, 3.05) is 26.6 Å². The van der Waals surface area contributed by atoms with Gasteiger partial charge in [-0.15, -0.1) is 0 Å². The third kappa shape index (κ3) is 6.31. The van der Waals surface area contributed by atoms with Gasteiger partial charge in [0.15, 0.2) is 5.79 Å². The number of nitrogen functional groups attached to an aromatic ring is 1. The van der Waals surface area contributed by atoms with Gasteiger partial charge in [0.1, 0.15) is 0 Å². The van der Waals surface area contributed by atoms with Gasteiger partial charge in [-0.2, -0.15) is 0 Å². The van der Waals surface area contributed by atoms with Crippen LogP contribution in [0.4, 0.5) is 5.82 Å². The van der Waals surface area contributed by atoms with E-state index in [0.717, 1.165) is 21.2 Å². The average Bonchev–Trinajstić information content (AvgIpc) is 3.43. The fourth-order valence-electron chi connectivity index (χ4n) is 6.77. The van der Waals surface area contributed by atoms with Gasteiger partial charge in [-0.05, 0) is 0 Å². The molecule has 3 aromatic rings. The molecule has 1 aliphatic carbocycles. The quantitative estimate of drug-likeness (QED) is 0.206. The predicted octanol–water partition coefficient (Wildman–Crippen LogP) is 5.11. The van der Waals surface area contributed by atoms with Gasteiger partial charge in [-0.3, -0.25) is 0 Å². The van der Waals surface area contributed by atoms with Crippen molar-refractivity contribution < 1.29 is 24.1 Å². The molecule has 1 saturated heterocycles. The molecule has 2 aliphatic rings. The Morgan fingerprint density at radius 2 is 1.65 bits per heavy atom. The SMILES string of the molecule is COC1(OC)C=CC(C(OC[C@H]2O[C@@H](n3cc([Se]C)c(N)nc3=O)C[C@@]2(O)[Si](C)(C)C(C)(C)C)(c2ccccc2)c2ccccc2)=CC1. The van der Waals surface area contributed by atoms with Gasteiger partial charge < -0.3 is 9.47 Å². The third-order valence-corrected chi connectivity index (χ3v) is 18.8. The molecule has 1 aliphatic heterocycles. The van der Waals surface area contributed by atoms with Crippen LogP contribution in [-0.2, 0) is 24.5 Å². The second kappa shape index (κ2) is 13.8. The maximum atomic E-state index is 13.2. The summed E-state index contributed by atoms with van der Waals surface area (Å²) in [4.78, 5) is 17.3. The van der Waals surface area contributed by atoms with Gasteiger partial charge in [0, 0.05) is 14.2 Å². The second-order valence-corrected chi connectivity index (χ2v) is 21.5. The normalized spacial score (nSPS) is 22.9. The third-order valence-electron chi connectivity index (χ3n) is 10.8. The van der Waals surface area contributed by atoms with Gasteiger partial charge in [0.25, 0.3) is 0 Å². The second-order valence-electron chi connectivity index (χ2n) is 14.1. The molecular formula is C37H49N3O6SeSi. The van der Waals surface area contributed by atoms with E-state index in [1.807, 2.05) is 54.4 Å². The fourth-order valence-corrected chi connectivity index (χ4v) is 10.7. The zero-order valence-electron chi connectivity index (χ0n) is 29.2. The van der Waals surface area contributed by atoms with Crippen LogP contribution < -0.4 is 15.9 Å². The van der Waals surface area contributed by atoms with Crippen LogP contribution in [0.1, 0.15) is 51.0 Å². The van der Waals surface area contributed by atoms with Crippen molar-refractivity contribution >= 4 is 33.3 Å². The first-order valence-electron chi connectivity index (χ1n) is 16.2. The summed E-state index contributed by atoms with van der Waals surface area (Å²) < 4.78 is 27.8. The Balaban J connectivity index is 1.64. The van der Waals surface area contributed by atoms with Gasteiger partial charge in [-0.1, -0.05) is 12.1 Å². The van der Waals surface area contributed by atoms with Gasteiger partial charge >= 0.3 is 251 Å². The van der Waals surface area contributed by atoms with Crippen molar-refractivity contribution in [1.82, 2.24) is 9.55 Å². The summed E-state index contributed by atoms with van der Waals surface area (Å²) in [5.41, 5.74) is 7.27. The van der Waals surface area contributed by atoms with Crippen molar-refractivity contribution in [3.8, 4) is 0 Å². The Hall–Kier alpha value is -2.86. The molecule has 1 aromatic heterocycles. The van der Waals surface area contributed by atoms with E-state index in [1.54, 1.807) is 20.4 Å². The van der Waals surface area contributed by atoms with E-state index >= 15 is 0 Å². The standard InChI is InChI=1S/C37H49N3O6SeSi/c1-34(2,3)48(7,8)36(42)23-31(40-24-29(47-6)32(38)39-33(40)41)46-30(36)25-45-37(26-15-11-9-12-16-26,27-17-13-10-14-18-27)28-19-21-35(43-4,44-5)22-20-28/h9-21,24,30-31,42H,22-23,25H2,1-8H3,(H2,38,39,41)/t30-,31-,36-/m1/s1. The Kier molecular flexibility index (Phi) is 10.5. The monoisotopic (exact) mass is 739 g/mol. The molecule has 0 spiro atoms. The Morgan fingerprint density at radius 3 is 2.12 bits per heavy atom. The summed E-state index contributed by atoms with van der Waals surface area (Å²) in [5, 5.41) is 11.5. The van der Waals surface area contributed by atoms with Crippen LogP contribution in [0.5, 0.6) is 0 Å². The number of nitrogens with zero attached hydrogens (tertiary/aromatic N) is 2. The van der Waals surface area contributed by atoms with Crippen molar-refractivity contribution in [3.05, 3.63) is 112 Å². The van der Waals surface area contributed by atoms with Crippen LogP contribution in [0.3, 0.4) is 0 Å². The van der Waals surface area contributed by atoms with Crippen molar-refractivity contribution in [1.29, 1.82) is 0 Å². The van der Waals surface area contributed by atoms with Gasteiger partial charge in [0.2, 0.25) is 0 Å². The first-order chi connectivity index (χ1) is 22.7. The summed E-state index contributed by atoms with van der Waals surface area (Å²) in [6.07, 6.45) is 6.99. The molecule has 1 fully saturated rings. The number of hydrogen-bond acceptors (Lipinski definition) is 8. The Labute approximate surface area is 291 Å². The van der Waals surface area contributed by atoms with Crippen molar-refractivity contribution in [2.45, 2.75) is 86.5 Å². The Morgan fingerprint density at radius 1 is 1.06 bits per heavy atom. The molecule has 258 valence electrons. The summed E-state index contributed by atoms with van der Waals surface area (Å²) in [6.45, 7) is 11.0. The van der Waals surface area contributed by atoms with Crippen molar-refractivity contribution in [2.24, 2.45) is 0 Å². The molecule has 3 atom stereocenters. The molecule has 0 unspecified atom stereocenters. The minimum atomic E-state index is -2.58. The number of anilines is 1. The first kappa shape index (κ1) is 36.4. The summed E-state index contributed by atoms with van der Waals surface area (Å²) >= 11 is 0.0127.